The third-order valence-corrected chi connectivity index (χ3v) is 6.33. The van der Waals surface area contributed by atoms with E-state index in [0.29, 0.717) is 24.0 Å². The molecule has 37 heavy (non-hydrogen) atoms. The number of hydrogen-bond acceptors (Lipinski definition) is 4. The van der Waals surface area contributed by atoms with Crippen molar-refractivity contribution in [3.63, 3.8) is 0 Å². The molecule has 0 saturated heterocycles. The lowest BCUT2D eigenvalue weighted by Gasteiger charge is -2.33. The van der Waals surface area contributed by atoms with Crippen LogP contribution < -0.4 is 5.73 Å². The first kappa shape index (κ1) is 27.9. The summed E-state index contributed by atoms with van der Waals surface area (Å²) in [5, 5.41) is 0. The number of benzene rings is 3. The maximum Gasteiger partial charge on any atom is 0.416 e. The largest absolute Gasteiger partial charge is 0.416 e. The molecule has 0 aliphatic rings. The van der Waals surface area contributed by atoms with Gasteiger partial charge in [0.05, 0.1) is 18.5 Å². The molecule has 3 aromatic carbocycles. The average Bonchev–Trinajstić information content (AvgIpc) is 2.87. The Kier molecular flexibility index (Phi) is 9.85. The van der Waals surface area contributed by atoms with Crippen LogP contribution >= 0.6 is 0 Å². The Morgan fingerprint density at radius 3 is 2.27 bits per heavy atom. The summed E-state index contributed by atoms with van der Waals surface area (Å²) < 4.78 is 39.7. The first-order valence-corrected chi connectivity index (χ1v) is 12.1. The lowest BCUT2D eigenvalue weighted by atomic mass is 10.0. The number of carbonyl (C=O) groups excluding carboxylic acids is 2. The summed E-state index contributed by atoms with van der Waals surface area (Å²) in [6, 6.07) is 21.9. The summed E-state index contributed by atoms with van der Waals surface area (Å²) in [5.74, 6) is -0.200. The lowest BCUT2D eigenvalue weighted by molar-refractivity contribution is -0.137. The second-order valence-electron chi connectivity index (χ2n) is 9.18. The Hall–Kier alpha value is -3.65. The highest BCUT2D eigenvalue weighted by molar-refractivity contribution is 5.81. The minimum Gasteiger partial charge on any atom is -0.399 e. The molecule has 0 aliphatic carbocycles. The maximum atomic E-state index is 13.2. The number of carbonyl (C=O) groups is 2. The van der Waals surface area contributed by atoms with E-state index in [1.807, 2.05) is 42.3 Å². The minimum absolute atomic E-state index is 0.0625. The predicted octanol–water partition coefficient (Wildman–Crippen LogP) is 4.99. The molecular weight excluding hydrogens is 479 g/mol. The number of likely N-dealkylation sites (N-methyl/N-ethyl adjacent to an activating group) is 1. The van der Waals surface area contributed by atoms with Crippen LogP contribution in [-0.4, -0.2) is 48.2 Å². The Morgan fingerprint density at radius 2 is 1.62 bits per heavy atom. The summed E-state index contributed by atoms with van der Waals surface area (Å²) in [5.41, 5.74) is 8.06. The molecule has 1 atom stereocenters. The van der Waals surface area contributed by atoms with E-state index < -0.39 is 11.7 Å². The van der Waals surface area contributed by atoms with Gasteiger partial charge >= 0.3 is 6.18 Å². The van der Waals surface area contributed by atoms with Gasteiger partial charge in [-0.3, -0.25) is 9.69 Å². The first-order valence-electron chi connectivity index (χ1n) is 12.1. The molecule has 0 unspecified atom stereocenters. The number of nitrogens with zero attached hydrogens (tertiary/aromatic N) is 2. The summed E-state index contributed by atoms with van der Waals surface area (Å²) in [6.45, 7) is 0.479. The molecule has 1 amide bonds. The molecular formula is C29H32F3N3O2. The summed E-state index contributed by atoms with van der Waals surface area (Å²) in [7, 11) is 1.83. The molecule has 0 bridgehead atoms. The van der Waals surface area contributed by atoms with Crippen LogP contribution in [0, 0.1) is 0 Å². The maximum absolute atomic E-state index is 13.2. The highest BCUT2D eigenvalue weighted by atomic mass is 19.4. The molecule has 0 aliphatic heterocycles. The van der Waals surface area contributed by atoms with Crippen molar-refractivity contribution in [2.24, 2.45) is 0 Å². The molecule has 0 spiro atoms. The van der Waals surface area contributed by atoms with E-state index in [4.69, 9.17) is 5.73 Å². The smallest absolute Gasteiger partial charge is 0.399 e. The van der Waals surface area contributed by atoms with Crippen molar-refractivity contribution in [1.82, 2.24) is 9.80 Å². The number of amides is 1. The molecule has 0 saturated carbocycles. The van der Waals surface area contributed by atoms with E-state index in [1.54, 1.807) is 30.3 Å². The standard InChI is InChI=1S/C29H32F3N3O2/c1-34(20-24-8-5-9-25(18-24)29(30,31)32)27(15-12-22-6-3-2-4-7-22)21-35(16-17-36)28(37)19-23-10-13-26(33)14-11-23/h2-11,13-14,17-18,27H,12,15-16,19-21,33H2,1H3/t27-/m0/s1. The van der Waals surface area contributed by atoms with Crippen LogP contribution in [0.2, 0.25) is 0 Å². The van der Waals surface area contributed by atoms with Crippen LogP contribution in [0.15, 0.2) is 78.9 Å². The van der Waals surface area contributed by atoms with E-state index in [0.717, 1.165) is 29.7 Å². The number of halogens is 3. The van der Waals surface area contributed by atoms with Gasteiger partial charge in [0, 0.05) is 24.8 Å². The number of hydrogen-bond donors (Lipinski definition) is 1. The number of aryl methyl sites for hydroxylation is 1. The van der Waals surface area contributed by atoms with Gasteiger partial charge in [-0.05, 0) is 54.8 Å². The van der Waals surface area contributed by atoms with Gasteiger partial charge in [0.15, 0.2) is 0 Å². The van der Waals surface area contributed by atoms with Gasteiger partial charge in [-0.15, -0.1) is 0 Å². The molecule has 0 heterocycles. The summed E-state index contributed by atoms with van der Waals surface area (Å²) in [6.07, 6.45) is -2.22. The minimum atomic E-state index is -4.42. The third-order valence-electron chi connectivity index (χ3n) is 6.33. The van der Waals surface area contributed by atoms with Gasteiger partial charge in [0.25, 0.3) is 0 Å². The van der Waals surface area contributed by atoms with E-state index in [-0.39, 0.29) is 38.0 Å². The van der Waals surface area contributed by atoms with Crippen molar-refractivity contribution in [1.29, 1.82) is 0 Å². The van der Waals surface area contributed by atoms with E-state index in [2.05, 4.69) is 0 Å². The Labute approximate surface area is 215 Å². The van der Waals surface area contributed by atoms with Crippen LogP contribution in [-0.2, 0) is 35.2 Å². The van der Waals surface area contributed by atoms with Gasteiger partial charge in [-0.2, -0.15) is 13.2 Å². The van der Waals surface area contributed by atoms with Crippen LogP contribution in [0.25, 0.3) is 0 Å². The molecule has 0 aromatic heterocycles. The number of nitrogens with two attached hydrogens (primary N) is 1. The zero-order valence-electron chi connectivity index (χ0n) is 20.8. The SMILES string of the molecule is CN(Cc1cccc(C(F)(F)F)c1)[C@@H](CCc1ccccc1)CN(CC=O)C(=O)Cc1ccc(N)cc1. The van der Waals surface area contributed by atoms with Crippen molar-refractivity contribution in [2.45, 2.75) is 38.0 Å². The number of alkyl halides is 3. The molecule has 0 fully saturated rings. The van der Waals surface area contributed by atoms with E-state index >= 15 is 0 Å². The molecule has 8 heteroatoms. The summed E-state index contributed by atoms with van der Waals surface area (Å²) in [4.78, 5) is 28.0. The summed E-state index contributed by atoms with van der Waals surface area (Å²) >= 11 is 0. The van der Waals surface area contributed by atoms with Crippen molar-refractivity contribution >= 4 is 17.9 Å². The fourth-order valence-corrected chi connectivity index (χ4v) is 4.24. The molecule has 0 radical (unpaired) electrons. The van der Waals surface area contributed by atoms with E-state index in [1.165, 1.54) is 11.0 Å². The number of nitrogen functional groups attached to an aromatic ring is 1. The quantitative estimate of drug-likeness (QED) is 0.275. The molecule has 3 rings (SSSR count). The topological polar surface area (TPSA) is 66.6 Å². The second-order valence-corrected chi connectivity index (χ2v) is 9.18. The monoisotopic (exact) mass is 511 g/mol. The Balaban J connectivity index is 1.78. The first-order chi connectivity index (χ1) is 17.7. The van der Waals surface area contributed by atoms with Gasteiger partial charge in [-0.25, -0.2) is 0 Å². The van der Waals surface area contributed by atoms with Gasteiger partial charge in [0.1, 0.15) is 6.29 Å². The predicted molar refractivity (Wildman–Crippen MR) is 139 cm³/mol. The van der Waals surface area contributed by atoms with Gasteiger partial charge in [-0.1, -0.05) is 60.7 Å². The zero-order chi connectivity index (χ0) is 26.8. The van der Waals surface area contributed by atoms with Crippen LogP contribution in [0.5, 0.6) is 0 Å². The fraction of sp³-hybridized carbons (Fsp3) is 0.310. The lowest BCUT2D eigenvalue weighted by Crippen LogP contribution is -2.45. The number of anilines is 1. The molecule has 2 N–H and O–H groups in total. The Bertz CT molecular complexity index is 1150. The van der Waals surface area contributed by atoms with Gasteiger partial charge in [0.2, 0.25) is 5.91 Å². The number of aldehydes is 1. The van der Waals surface area contributed by atoms with Crippen molar-refractivity contribution in [3.05, 3.63) is 101 Å². The zero-order valence-corrected chi connectivity index (χ0v) is 20.8. The molecule has 3 aromatic rings. The normalized spacial score (nSPS) is 12.4. The van der Waals surface area contributed by atoms with Crippen LogP contribution in [0.1, 0.15) is 28.7 Å². The van der Waals surface area contributed by atoms with Crippen molar-refractivity contribution in [3.8, 4) is 0 Å². The molecule has 196 valence electrons. The highest BCUT2D eigenvalue weighted by Gasteiger charge is 2.30. The second kappa shape index (κ2) is 13.1. The van der Waals surface area contributed by atoms with E-state index in [9.17, 15) is 22.8 Å². The third kappa shape index (κ3) is 8.75. The Morgan fingerprint density at radius 1 is 0.946 bits per heavy atom. The van der Waals surface area contributed by atoms with Crippen LogP contribution in [0.3, 0.4) is 0 Å². The van der Waals surface area contributed by atoms with Crippen LogP contribution in [0.4, 0.5) is 18.9 Å². The fourth-order valence-electron chi connectivity index (χ4n) is 4.24. The van der Waals surface area contributed by atoms with Crippen molar-refractivity contribution < 1.29 is 22.8 Å². The highest BCUT2D eigenvalue weighted by Crippen LogP contribution is 2.30. The average molecular weight is 512 g/mol. The number of rotatable bonds is 12. The van der Waals surface area contributed by atoms with Gasteiger partial charge < -0.3 is 15.4 Å². The molecule has 5 nitrogen and oxygen atoms in total. The van der Waals surface area contributed by atoms with Crippen molar-refractivity contribution in [2.75, 3.05) is 25.9 Å².